The van der Waals surface area contributed by atoms with Crippen LogP contribution in [-0.4, -0.2) is 18.1 Å². The fourth-order valence-electron chi connectivity index (χ4n) is 2.48. The van der Waals surface area contributed by atoms with Gasteiger partial charge >= 0.3 is 0 Å². The lowest BCUT2D eigenvalue weighted by atomic mass is 9.90. The molecule has 1 aliphatic rings. The van der Waals surface area contributed by atoms with E-state index in [2.05, 4.69) is 34.6 Å². The van der Waals surface area contributed by atoms with Crippen LogP contribution >= 0.6 is 0 Å². The van der Waals surface area contributed by atoms with Crippen LogP contribution in [0.25, 0.3) is 10.9 Å². The molecule has 2 N–H and O–H groups in total. The number of nitrogens with one attached hydrogen (secondary N) is 2. The van der Waals surface area contributed by atoms with E-state index in [0.29, 0.717) is 0 Å². The summed E-state index contributed by atoms with van der Waals surface area (Å²) in [4.78, 5) is 3.24. The molecule has 2 nitrogen and oxygen atoms in total. The quantitative estimate of drug-likeness (QED) is 0.727. The first-order valence-electron chi connectivity index (χ1n) is 5.71. The van der Waals surface area contributed by atoms with Gasteiger partial charge in [-0.2, -0.15) is 0 Å². The van der Waals surface area contributed by atoms with Crippen LogP contribution in [0.4, 0.5) is 0 Å². The lowest BCUT2D eigenvalue weighted by Gasteiger charge is -2.22. The zero-order chi connectivity index (χ0) is 10.1. The standard InChI is InChI=1S/C13H16N2/c1-2-13-12(5-8-15-13)9-11(1)10-3-6-14-7-4-10/h1-2,5,8-10,14-15H,3-4,6-7H2. The number of benzene rings is 1. The molecule has 0 aliphatic carbocycles. The van der Waals surface area contributed by atoms with Gasteiger partial charge < -0.3 is 10.3 Å². The summed E-state index contributed by atoms with van der Waals surface area (Å²) >= 11 is 0. The van der Waals surface area contributed by atoms with Gasteiger partial charge in [0.05, 0.1) is 0 Å². The first kappa shape index (κ1) is 8.98. The Labute approximate surface area is 89.7 Å². The summed E-state index contributed by atoms with van der Waals surface area (Å²) in [6.07, 6.45) is 4.56. The fourth-order valence-corrected chi connectivity index (χ4v) is 2.48. The van der Waals surface area contributed by atoms with Gasteiger partial charge in [-0.3, -0.25) is 0 Å². The maximum absolute atomic E-state index is 3.41. The second-order valence-corrected chi connectivity index (χ2v) is 4.35. The van der Waals surface area contributed by atoms with Crippen LogP contribution in [0.1, 0.15) is 24.3 Å². The summed E-state index contributed by atoms with van der Waals surface area (Å²) in [5, 5.41) is 4.75. The van der Waals surface area contributed by atoms with Crippen molar-refractivity contribution < 1.29 is 0 Å². The number of fused-ring (bicyclic) bond motifs is 1. The predicted molar refractivity (Wildman–Crippen MR) is 63.1 cm³/mol. The van der Waals surface area contributed by atoms with Crippen LogP contribution in [0.5, 0.6) is 0 Å². The van der Waals surface area contributed by atoms with Crippen molar-refractivity contribution >= 4 is 10.9 Å². The molecule has 1 aromatic heterocycles. The molecule has 2 heteroatoms. The zero-order valence-electron chi connectivity index (χ0n) is 8.79. The second kappa shape index (κ2) is 3.70. The van der Waals surface area contributed by atoms with E-state index in [-0.39, 0.29) is 0 Å². The van der Waals surface area contributed by atoms with Crippen LogP contribution in [0, 0.1) is 0 Å². The van der Waals surface area contributed by atoms with Gasteiger partial charge in [-0.15, -0.1) is 0 Å². The third-order valence-electron chi connectivity index (χ3n) is 3.39. The predicted octanol–water partition coefficient (Wildman–Crippen LogP) is 2.63. The molecule has 1 aromatic carbocycles. The van der Waals surface area contributed by atoms with E-state index in [1.165, 1.54) is 29.3 Å². The third kappa shape index (κ3) is 1.65. The molecular formula is C13H16N2. The molecule has 0 atom stereocenters. The minimum atomic E-state index is 0.755. The molecule has 1 aliphatic heterocycles. The van der Waals surface area contributed by atoms with Gasteiger partial charge in [0.1, 0.15) is 0 Å². The Morgan fingerprint density at radius 1 is 1.07 bits per heavy atom. The highest BCUT2D eigenvalue weighted by Gasteiger charge is 2.15. The zero-order valence-corrected chi connectivity index (χ0v) is 8.79. The molecule has 3 rings (SSSR count). The first-order chi connectivity index (χ1) is 7.43. The molecule has 78 valence electrons. The van der Waals surface area contributed by atoms with E-state index in [1.807, 2.05) is 6.20 Å². The van der Waals surface area contributed by atoms with Crippen LogP contribution in [0.15, 0.2) is 30.5 Å². The first-order valence-corrected chi connectivity index (χ1v) is 5.71. The number of hydrogen-bond acceptors (Lipinski definition) is 1. The molecule has 0 unspecified atom stereocenters. The van der Waals surface area contributed by atoms with Crippen LogP contribution in [-0.2, 0) is 0 Å². The maximum atomic E-state index is 3.41. The highest BCUT2D eigenvalue weighted by molar-refractivity contribution is 5.80. The van der Waals surface area contributed by atoms with Crippen molar-refractivity contribution in [2.24, 2.45) is 0 Å². The van der Waals surface area contributed by atoms with Crippen molar-refractivity contribution in [3.05, 3.63) is 36.0 Å². The van der Waals surface area contributed by atoms with Crippen molar-refractivity contribution in [2.45, 2.75) is 18.8 Å². The maximum Gasteiger partial charge on any atom is 0.0454 e. The van der Waals surface area contributed by atoms with Gasteiger partial charge in [0.25, 0.3) is 0 Å². The van der Waals surface area contributed by atoms with Crippen LogP contribution < -0.4 is 5.32 Å². The SMILES string of the molecule is c1cc2cc(C3CCNCC3)ccc2[nH]1. The molecule has 2 aromatic rings. The molecular weight excluding hydrogens is 184 g/mol. The molecule has 2 heterocycles. The van der Waals surface area contributed by atoms with Crippen LogP contribution in [0.3, 0.4) is 0 Å². The van der Waals surface area contributed by atoms with E-state index in [1.54, 1.807) is 0 Å². The normalized spacial score (nSPS) is 18.4. The van der Waals surface area contributed by atoms with Gasteiger partial charge in [-0.05, 0) is 61.0 Å². The summed E-state index contributed by atoms with van der Waals surface area (Å²) in [7, 11) is 0. The van der Waals surface area contributed by atoms with E-state index in [0.717, 1.165) is 19.0 Å². The topological polar surface area (TPSA) is 27.8 Å². The van der Waals surface area contributed by atoms with Crippen molar-refractivity contribution in [3.8, 4) is 0 Å². The van der Waals surface area contributed by atoms with Crippen LogP contribution in [0.2, 0.25) is 0 Å². The number of rotatable bonds is 1. The van der Waals surface area contributed by atoms with Gasteiger partial charge in [-0.1, -0.05) is 6.07 Å². The number of aromatic nitrogens is 1. The molecule has 0 bridgehead atoms. The molecule has 15 heavy (non-hydrogen) atoms. The highest BCUT2D eigenvalue weighted by atomic mass is 14.9. The molecule has 0 amide bonds. The minimum absolute atomic E-state index is 0.755. The number of aromatic amines is 1. The molecule has 0 saturated carbocycles. The van der Waals surface area contributed by atoms with E-state index >= 15 is 0 Å². The van der Waals surface area contributed by atoms with Crippen molar-refractivity contribution in [2.75, 3.05) is 13.1 Å². The average Bonchev–Trinajstić information content (AvgIpc) is 2.77. The Balaban J connectivity index is 1.95. The Bertz CT molecular complexity index is 452. The lowest BCUT2D eigenvalue weighted by Crippen LogP contribution is -2.26. The lowest BCUT2D eigenvalue weighted by molar-refractivity contribution is 0.460. The summed E-state index contributed by atoms with van der Waals surface area (Å²) in [5.74, 6) is 0.755. The Hall–Kier alpha value is -1.28. The molecule has 1 fully saturated rings. The Kier molecular flexibility index (Phi) is 2.22. The van der Waals surface area contributed by atoms with Crippen molar-refractivity contribution in [3.63, 3.8) is 0 Å². The Morgan fingerprint density at radius 2 is 1.93 bits per heavy atom. The monoisotopic (exact) mass is 200 g/mol. The Morgan fingerprint density at radius 3 is 2.80 bits per heavy atom. The largest absolute Gasteiger partial charge is 0.361 e. The summed E-state index contributed by atoms with van der Waals surface area (Å²) in [6, 6.07) is 8.96. The number of piperidine rings is 1. The van der Waals surface area contributed by atoms with E-state index in [4.69, 9.17) is 0 Å². The van der Waals surface area contributed by atoms with E-state index in [9.17, 15) is 0 Å². The van der Waals surface area contributed by atoms with Gasteiger partial charge in [0.2, 0.25) is 0 Å². The number of hydrogen-bond donors (Lipinski definition) is 2. The summed E-state index contributed by atoms with van der Waals surface area (Å²) in [5.41, 5.74) is 2.75. The number of H-pyrrole nitrogens is 1. The minimum Gasteiger partial charge on any atom is -0.361 e. The van der Waals surface area contributed by atoms with Gasteiger partial charge in [0.15, 0.2) is 0 Å². The van der Waals surface area contributed by atoms with Crippen molar-refractivity contribution in [1.82, 2.24) is 10.3 Å². The van der Waals surface area contributed by atoms with Crippen molar-refractivity contribution in [1.29, 1.82) is 0 Å². The fraction of sp³-hybridized carbons (Fsp3) is 0.385. The average molecular weight is 200 g/mol. The third-order valence-corrected chi connectivity index (χ3v) is 3.39. The van der Waals surface area contributed by atoms with Gasteiger partial charge in [-0.25, -0.2) is 0 Å². The molecule has 0 spiro atoms. The highest BCUT2D eigenvalue weighted by Crippen LogP contribution is 2.27. The summed E-state index contributed by atoms with van der Waals surface area (Å²) < 4.78 is 0. The second-order valence-electron chi connectivity index (χ2n) is 4.35. The van der Waals surface area contributed by atoms with Gasteiger partial charge in [0, 0.05) is 11.7 Å². The van der Waals surface area contributed by atoms with E-state index < -0.39 is 0 Å². The smallest absolute Gasteiger partial charge is 0.0454 e. The molecule has 0 radical (unpaired) electrons. The summed E-state index contributed by atoms with van der Waals surface area (Å²) in [6.45, 7) is 2.33. The molecule has 1 saturated heterocycles.